The first-order valence-corrected chi connectivity index (χ1v) is 5.18. The normalized spacial score (nSPS) is 10.2. The molecule has 0 unspecified atom stereocenters. The number of hydrogen-bond donors (Lipinski definition) is 1. The molecule has 1 N–H and O–H groups in total. The molecule has 0 bridgehead atoms. The largest absolute Gasteiger partial charge is 0.494 e. The summed E-state index contributed by atoms with van der Waals surface area (Å²) in [7, 11) is 0. The first kappa shape index (κ1) is 11.3. The lowest BCUT2D eigenvalue weighted by Crippen LogP contribution is -2.11. The third-order valence-corrected chi connectivity index (χ3v) is 2.22. The number of benzene rings is 1. The third-order valence-electron chi connectivity index (χ3n) is 2.22. The van der Waals surface area contributed by atoms with Gasteiger partial charge < -0.3 is 9.72 Å². The molecule has 0 atom stereocenters. The van der Waals surface area contributed by atoms with Gasteiger partial charge in [0.1, 0.15) is 5.75 Å². The van der Waals surface area contributed by atoms with E-state index in [1.165, 1.54) is 0 Å². The molecule has 0 aliphatic carbocycles. The van der Waals surface area contributed by atoms with E-state index in [9.17, 15) is 9.18 Å². The van der Waals surface area contributed by atoms with E-state index < -0.39 is 11.5 Å². The maximum absolute atomic E-state index is 13.4. The van der Waals surface area contributed by atoms with Crippen molar-refractivity contribution in [1.82, 2.24) is 9.97 Å². The molecule has 0 saturated carbocycles. The van der Waals surface area contributed by atoms with Crippen LogP contribution in [0.1, 0.15) is 6.92 Å². The van der Waals surface area contributed by atoms with Crippen molar-refractivity contribution in [2.24, 2.45) is 0 Å². The Labute approximate surface area is 97.1 Å². The molecule has 2 rings (SSSR count). The van der Waals surface area contributed by atoms with Gasteiger partial charge in [-0.3, -0.25) is 0 Å². The molecule has 0 radical (unpaired) electrons. The molecule has 0 saturated heterocycles. The zero-order valence-corrected chi connectivity index (χ0v) is 9.24. The molecule has 0 spiro atoms. The monoisotopic (exact) mass is 234 g/mol. The predicted molar refractivity (Wildman–Crippen MR) is 61.4 cm³/mol. The van der Waals surface area contributed by atoms with Crippen molar-refractivity contribution >= 4 is 0 Å². The summed E-state index contributed by atoms with van der Waals surface area (Å²) in [5, 5.41) is 0. The Kier molecular flexibility index (Phi) is 3.18. The average molecular weight is 234 g/mol. The van der Waals surface area contributed by atoms with Gasteiger partial charge in [0.2, 0.25) is 0 Å². The second-order valence-electron chi connectivity index (χ2n) is 3.37. The van der Waals surface area contributed by atoms with Crippen molar-refractivity contribution in [3.8, 4) is 17.0 Å². The Hall–Kier alpha value is -2.17. The van der Waals surface area contributed by atoms with Gasteiger partial charge in [0.25, 0.3) is 0 Å². The lowest BCUT2D eigenvalue weighted by Gasteiger charge is -2.05. The van der Waals surface area contributed by atoms with E-state index in [0.717, 1.165) is 6.20 Å². The molecule has 1 aromatic heterocycles. The van der Waals surface area contributed by atoms with Gasteiger partial charge in [-0.05, 0) is 31.2 Å². The van der Waals surface area contributed by atoms with E-state index in [0.29, 0.717) is 17.9 Å². The maximum atomic E-state index is 13.4. The Morgan fingerprint density at radius 3 is 2.71 bits per heavy atom. The number of hydrogen-bond acceptors (Lipinski definition) is 3. The second-order valence-corrected chi connectivity index (χ2v) is 3.37. The molecule has 88 valence electrons. The summed E-state index contributed by atoms with van der Waals surface area (Å²) in [6.07, 6.45) is 0.907. The average Bonchev–Trinajstić information content (AvgIpc) is 2.34. The van der Waals surface area contributed by atoms with E-state index in [1.807, 2.05) is 6.92 Å². The minimum absolute atomic E-state index is 0.132. The van der Waals surface area contributed by atoms with Crippen molar-refractivity contribution in [3.63, 3.8) is 0 Å². The number of aromatic nitrogens is 2. The number of H-pyrrole nitrogens is 1. The van der Waals surface area contributed by atoms with Crippen LogP contribution >= 0.6 is 0 Å². The van der Waals surface area contributed by atoms with Crippen LogP contribution < -0.4 is 10.4 Å². The Bertz CT molecular complexity index is 563. The summed E-state index contributed by atoms with van der Waals surface area (Å²) in [6.45, 7) is 2.45. The summed E-state index contributed by atoms with van der Waals surface area (Å²) in [4.78, 5) is 16.7. The Morgan fingerprint density at radius 2 is 2.06 bits per heavy atom. The van der Waals surface area contributed by atoms with E-state index in [4.69, 9.17) is 4.74 Å². The topological polar surface area (TPSA) is 55.0 Å². The smallest absolute Gasteiger partial charge is 0.345 e. The first-order chi connectivity index (χ1) is 8.20. The zero-order valence-electron chi connectivity index (χ0n) is 9.24. The molecule has 1 aromatic carbocycles. The highest BCUT2D eigenvalue weighted by atomic mass is 19.1. The summed E-state index contributed by atoms with van der Waals surface area (Å²) >= 11 is 0. The fraction of sp³-hybridized carbons (Fsp3) is 0.167. The zero-order chi connectivity index (χ0) is 12.3. The number of ether oxygens (including phenoxy) is 1. The fourth-order valence-corrected chi connectivity index (χ4v) is 1.47. The second kappa shape index (κ2) is 4.78. The molecule has 1 heterocycles. The summed E-state index contributed by atoms with van der Waals surface area (Å²) in [5.41, 5.74) is 0.133. The van der Waals surface area contributed by atoms with Crippen LogP contribution in [0.4, 0.5) is 4.39 Å². The predicted octanol–water partition coefficient (Wildman–Crippen LogP) is 1.97. The van der Waals surface area contributed by atoms with Gasteiger partial charge >= 0.3 is 5.69 Å². The van der Waals surface area contributed by atoms with Gasteiger partial charge in [-0.1, -0.05) is 0 Å². The van der Waals surface area contributed by atoms with Crippen molar-refractivity contribution in [2.75, 3.05) is 6.61 Å². The molecule has 0 aliphatic rings. The van der Waals surface area contributed by atoms with Crippen LogP contribution in [0.25, 0.3) is 11.3 Å². The van der Waals surface area contributed by atoms with Crippen molar-refractivity contribution in [1.29, 1.82) is 0 Å². The Balaban J connectivity index is 2.39. The van der Waals surface area contributed by atoms with Gasteiger partial charge in [-0.2, -0.15) is 4.98 Å². The number of halogens is 1. The van der Waals surface area contributed by atoms with Gasteiger partial charge in [-0.15, -0.1) is 0 Å². The number of aromatic amines is 1. The Morgan fingerprint density at radius 1 is 1.35 bits per heavy atom. The molecule has 0 aliphatic heterocycles. The highest BCUT2D eigenvalue weighted by Gasteiger charge is 2.06. The van der Waals surface area contributed by atoms with Gasteiger partial charge in [0.05, 0.1) is 18.5 Å². The van der Waals surface area contributed by atoms with E-state index in [2.05, 4.69) is 9.97 Å². The van der Waals surface area contributed by atoms with Crippen LogP contribution in [0.15, 0.2) is 35.3 Å². The highest BCUT2D eigenvalue weighted by Crippen LogP contribution is 2.21. The lowest BCUT2D eigenvalue weighted by molar-refractivity contribution is 0.340. The third kappa shape index (κ3) is 2.50. The van der Waals surface area contributed by atoms with E-state index >= 15 is 0 Å². The standard InChI is InChI=1S/C12H11FN2O2/c1-2-17-9-5-3-8(4-6-9)11-10(13)7-14-12(16)15-11/h3-7H,2H2,1H3,(H,14,15,16). The summed E-state index contributed by atoms with van der Waals surface area (Å²) < 4.78 is 18.7. The van der Waals surface area contributed by atoms with Crippen molar-refractivity contribution in [3.05, 3.63) is 46.8 Å². The molecule has 4 nitrogen and oxygen atoms in total. The molecule has 0 amide bonds. The van der Waals surface area contributed by atoms with E-state index in [-0.39, 0.29) is 5.69 Å². The lowest BCUT2D eigenvalue weighted by atomic mass is 10.1. The quantitative estimate of drug-likeness (QED) is 0.883. The minimum atomic E-state index is -0.574. The van der Waals surface area contributed by atoms with Crippen LogP contribution in [0.5, 0.6) is 5.75 Å². The molecule has 0 fully saturated rings. The van der Waals surface area contributed by atoms with Gasteiger partial charge in [0.15, 0.2) is 5.82 Å². The summed E-state index contributed by atoms with van der Waals surface area (Å²) in [6, 6.07) is 6.80. The van der Waals surface area contributed by atoms with Crippen molar-refractivity contribution in [2.45, 2.75) is 6.92 Å². The number of rotatable bonds is 3. The van der Waals surface area contributed by atoms with Crippen LogP contribution in [0, 0.1) is 5.82 Å². The van der Waals surface area contributed by atoms with Gasteiger partial charge in [-0.25, -0.2) is 9.18 Å². The van der Waals surface area contributed by atoms with E-state index in [1.54, 1.807) is 24.3 Å². The first-order valence-electron chi connectivity index (χ1n) is 5.18. The number of nitrogens with one attached hydrogen (secondary N) is 1. The maximum Gasteiger partial charge on any atom is 0.345 e. The molecule has 2 aromatic rings. The minimum Gasteiger partial charge on any atom is -0.494 e. The molecule has 17 heavy (non-hydrogen) atoms. The summed E-state index contributed by atoms with van der Waals surface area (Å²) in [5.74, 6) is 0.141. The molecular weight excluding hydrogens is 223 g/mol. The fourth-order valence-electron chi connectivity index (χ4n) is 1.47. The molecular formula is C12H11FN2O2. The van der Waals surface area contributed by atoms with Crippen LogP contribution in [0.3, 0.4) is 0 Å². The van der Waals surface area contributed by atoms with Crippen LogP contribution in [0.2, 0.25) is 0 Å². The molecule has 5 heteroatoms. The van der Waals surface area contributed by atoms with Gasteiger partial charge in [0, 0.05) is 5.56 Å². The highest BCUT2D eigenvalue weighted by molar-refractivity contribution is 5.60. The number of nitrogens with zero attached hydrogens (tertiary/aromatic N) is 1. The van der Waals surface area contributed by atoms with Crippen molar-refractivity contribution < 1.29 is 9.13 Å². The van der Waals surface area contributed by atoms with Crippen LogP contribution in [-0.4, -0.2) is 16.6 Å². The SMILES string of the molecule is CCOc1ccc(-c2[nH]c(=O)ncc2F)cc1. The van der Waals surface area contributed by atoms with Crippen LogP contribution in [-0.2, 0) is 0 Å².